The second-order valence-corrected chi connectivity index (χ2v) is 3.29. The van der Waals surface area contributed by atoms with Crippen LogP contribution >= 0.6 is 24.2 Å². The second-order valence-electron chi connectivity index (χ2n) is 2.39. The average molecular weight is 228 g/mol. The minimum absolute atomic E-state index is 0.124. The van der Waals surface area contributed by atoms with Crippen LogP contribution in [0.4, 0.5) is 18.9 Å². The maximum atomic E-state index is 12.2. The maximum absolute atomic E-state index is 12.2. The monoisotopic (exact) mass is 227 g/mol. The van der Waals surface area contributed by atoms with E-state index in [2.05, 4.69) is 12.6 Å². The van der Waals surface area contributed by atoms with Gasteiger partial charge in [0.05, 0.1) is 16.3 Å². The summed E-state index contributed by atoms with van der Waals surface area (Å²) in [7, 11) is 0. The van der Waals surface area contributed by atoms with Crippen LogP contribution in [-0.4, -0.2) is 0 Å². The van der Waals surface area contributed by atoms with Gasteiger partial charge in [0, 0.05) is 4.90 Å². The lowest BCUT2D eigenvalue weighted by Gasteiger charge is -2.10. The Morgan fingerprint density at radius 2 is 1.85 bits per heavy atom. The Labute approximate surface area is 83.1 Å². The largest absolute Gasteiger partial charge is 0.417 e. The van der Waals surface area contributed by atoms with Crippen molar-refractivity contribution in [1.29, 1.82) is 0 Å². The molecule has 72 valence electrons. The third kappa shape index (κ3) is 2.22. The molecule has 1 aromatic rings. The van der Waals surface area contributed by atoms with Gasteiger partial charge in [0.1, 0.15) is 0 Å². The van der Waals surface area contributed by atoms with Crippen molar-refractivity contribution in [2.75, 3.05) is 5.73 Å². The molecular formula is C7H5ClF3NS. The van der Waals surface area contributed by atoms with E-state index < -0.39 is 16.8 Å². The fourth-order valence-electron chi connectivity index (χ4n) is 0.837. The zero-order valence-electron chi connectivity index (χ0n) is 6.19. The highest BCUT2D eigenvalue weighted by atomic mass is 35.5. The SMILES string of the molecule is Nc1cc(S)cc(C(F)(F)F)c1Cl. The Morgan fingerprint density at radius 3 is 2.31 bits per heavy atom. The molecule has 0 radical (unpaired) electrons. The van der Waals surface area contributed by atoms with Gasteiger partial charge in [-0.1, -0.05) is 11.6 Å². The Hall–Kier alpha value is -0.550. The lowest BCUT2D eigenvalue weighted by Crippen LogP contribution is -2.07. The highest BCUT2D eigenvalue weighted by molar-refractivity contribution is 7.80. The van der Waals surface area contributed by atoms with Gasteiger partial charge in [0.25, 0.3) is 0 Å². The van der Waals surface area contributed by atoms with E-state index in [1.54, 1.807) is 0 Å². The van der Waals surface area contributed by atoms with E-state index in [0.29, 0.717) is 0 Å². The summed E-state index contributed by atoms with van der Waals surface area (Å²) in [6.07, 6.45) is -4.50. The summed E-state index contributed by atoms with van der Waals surface area (Å²) in [5.41, 5.74) is 4.15. The van der Waals surface area contributed by atoms with Gasteiger partial charge in [0.15, 0.2) is 0 Å². The third-order valence-electron chi connectivity index (χ3n) is 1.39. The molecule has 6 heteroatoms. The first-order valence-corrected chi connectivity index (χ1v) is 4.00. The summed E-state index contributed by atoms with van der Waals surface area (Å²) in [6, 6.07) is 2.10. The lowest BCUT2D eigenvalue weighted by molar-refractivity contribution is -0.137. The van der Waals surface area contributed by atoms with E-state index in [-0.39, 0.29) is 10.6 Å². The third-order valence-corrected chi connectivity index (χ3v) is 2.07. The number of hydrogen-bond acceptors (Lipinski definition) is 2. The number of thiol groups is 1. The zero-order chi connectivity index (χ0) is 10.2. The molecule has 1 aromatic carbocycles. The van der Waals surface area contributed by atoms with Crippen molar-refractivity contribution in [3.8, 4) is 0 Å². The molecule has 0 fully saturated rings. The number of hydrogen-bond donors (Lipinski definition) is 2. The molecule has 1 rings (SSSR count). The predicted molar refractivity (Wildman–Crippen MR) is 48.1 cm³/mol. The number of alkyl halides is 3. The van der Waals surface area contributed by atoms with Crippen molar-refractivity contribution in [3.63, 3.8) is 0 Å². The van der Waals surface area contributed by atoms with E-state index in [0.717, 1.165) is 6.07 Å². The molecule has 0 saturated carbocycles. The first-order valence-electron chi connectivity index (χ1n) is 3.17. The van der Waals surface area contributed by atoms with E-state index in [1.165, 1.54) is 6.07 Å². The van der Waals surface area contributed by atoms with Gasteiger partial charge in [-0.05, 0) is 12.1 Å². The number of rotatable bonds is 0. The van der Waals surface area contributed by atoms with Crippen LogP contribution in [0.5, 0.6) is 0 Å². The van der Waals surface area contributed by atoms with Crippen molar-refractivity contribution >= 4 is 29.9 Å². The van der Waals surface area contributed by atoms with Crippen LogP contribution in [0, 0.1) is 0 Å². The predicted octanol–water partition coefficient (Wildman–Crippen LogP) is 3.23. The average Bonchev–Trinajstić information content (AvgIpc) is 1.94. The van der Waals surface area contributed by atoms with Crippen LogP contribution in [0.1, 0.15) is 5.56 Å². The molecule has 0 bridgehead atoms. The topological polar surface area (TPSA) is 26.0 Å². The second kappa shape index (κ2) is 3.31. The minimum atomic E-state index is -4.50. The Balaban J connectivity index is 3.37. The van der Waals surface area contributed by atoms with Crippen molar-refractivity contribution in [1.82, 2.24) is 0 Å². The van der Waals surface area contributed by atoms with Crippen LogP contribution < -0.4 is 5.73 Å². The van der Waals surface area contributed by atoms with Crippen LogP contribution in [0.3, 0.4) is 0 Å². The van der Waals surface area contributed by atoms with E-state index >= 15 is 0 Å². The number of nitrogen functional groups attached to an aromatic ring is 1. The normalized spacial score (nSPS) is 11.8. The number of halogens is 4. The molecule has 0 aliphatic heterocycles. The molecule has 13 heavy (non-hydrogen) atoms. The molecule has 0 aliphatic rings. The van der Waals surface area contributed by atoms with Gasteiger partial charge in [-0.2, -0.15) is 13.2 Å². The number of anilines is 1. The summed E-state index contributed by atoms with van der Waals surface area (Å²) in [5, 5.41) is -0.481. The number of nitrogens with two attached hydrogens (primary N) is 1. The molecule has 0 saturated heterocycles. The summed E-state index contributed by atoms with van der Waals surface area (Å²) in [6.45, 7) is 0. The van der Waals surface area contributed by atoms with Crippen molar-refractivity contribution in [2.45, 2.75) is 11.1 Å². The molecule has 0 unspecified atom stereocenters. The van der Waals surface area contributed by atoms with Crippen LogP contribution in [0.25, 0.3) is 0 Å². The van der Waals surface area contributed by atoms with Gasteiger partial charge in [-0.3, -0.25) is 0 Å². The smallest absolute Gasteiger partial charge is 0.397 e. The van der Waals surface area contributed by atoms with Gasteiger partial charge in [-0.15, -0.1) is 12.6 Å². The van der Waals surface area contributed by atoms with E-state index in [9.17, 15) is 13.2 Å². The molecule has 0 aliphatic carbocycles. The molecule has 0 atom stereocenters. The van der Waals surface area contributed by atoms with E-state index in [4.69, 9.17) is 17.3 Å². The highest BCUT2D eigenvalue weighted by Crippen LogP contribution is 2.38. The van der Waals surface area contributed by atoms with Crippen molar-refractivity contribution < 1.29 is 13.2 Å². The standard InChI is InChI=1S/C7H5ClF3NS/c8-6-4(7(9,10)11)1-3(13)2-5(6)12/h1-2,13H,12H2. The maximum Gasteiger partial charge on any atom is 0.417 e. The van der Waals surface area contributed by atoms with Gasteiger partial charge in [-0.25, -0.2) is 0 Å². The summed E-state index contributed by atoms with van der Waals surface area (Å²) in [4.78, 5) is 0.134. The fraction of sp³-hybridized carbons (Fsp3) is 0.143. The van der Waals surface area contributed by atoms with Crippen molar-refractivity contribution in [2.24, 2.45) is 0 Å². The summed E-state index contributed by atoms with van der Waals surface area (Å²) >= 11 is 9.14. The molecule has 2 N–H and O–H groups in total. The Bertz CT molecular complexity index is 337. The van der Waals surface area contributed by atoms with Gasteiger partial charge >= 0.3 is 6.18 Å². The number of benzene rings is 1. The van der Waals surface area contributed by atoms with Crippen LogP contribution in [-0.2, 0) is 6.18 Å². The van der Waals surface area contributed by atoms with E-state index in [1.807, 2.05) is 0 Å². The Kier molecular flexibility index (Phi) is 2.68. The van der Waals surface area contributed by atoms with Crippen LogP contribution in [0.15, 0.2) is 17.0 Å². The van der Waals surface area contributed by atoms with Crippen molar-refractivity contribution in [3.05, 3.63) is 22.7 Å². The Morgan fingerprint density at radius 1 is 1.31 bits per heavy atom. The molecular weight excluding hydrogens is 223 g/mol. The highest BCUT2D eigenvalue weighted by Gasteiger charge is 2.34. The molecule has 0 heterocycles. The summed E-state index contributed by atoms with van der Waals surface area (Å²) < 4.78 is 36.7. The molecule has 1 nitrogen and oxygen atoms in total. The first kappa shape index (κ1) is 10.5. The molecule has 0 aromatic heterocycles. The first-order chi connectivity index (χ1) is 5.82. The minimum Gasteiger partial charge on any atom is -0.397 e. The molecule has 0 amide bonds. The van der Waals surface area contributed by atoms with Gasteiger partial charge < -0.3 is 5.73 Å². The fourth-order valence-corrected chi connectivity index (χ4v) is 1.32. The molecule has 0 spiro atoms. The zero-order valence-corrected chi connectivity index (χ0v) is 7.84. The van der Waals surface area contributed by atoms with Gasteiger partial charge in [0.2, 0.25) is 0 Å². The lowest BCUT2D eigenvalue weighted by atomic mass is 10.2. The van der Waals surface area contributed by atoms with Crippen LogP contribution in [0.2, 0.25) is 5.02 Å². The quantitative estimate of drug-likeness (QED) is 0.517. The summed E-state index contributed by atoms with van der Waals surface area (Å²) in [5.74, 6) is 0.